The second-order valence-electron chi connectivity index (χ2n) is 6.24. The number of morpholine rings is 1. The van der Waals surface area contributed by atoms with Gasteiger partial charge in [0.1, 0.15) is 6.10 Å². The van der Waals surface area contributed by atoms with E-state index in [0.717, 1.165) is 29.8 Å². The normalized spacial score (nSPS) is 19.6. The Balaban J connectivity index is 0.00000196. The second-order valence-corrected chi connectivity index (χ2v) is 7.05. The lowest BCUT2D eigenvalue weighted by atomic mass is 10.0. The first kappa shape index (κ1) is 19.5. The quantitative estimate of drug-likeness (QED) is 0.788. The average molecular weight is 418 g/mol. The molecule has 2 N–H and O–H groups in total. The predicted molar refractivity (Wildman–Crippen MR) is 102 cm³/mol. The molecule has 2 aliphatic rings. The first-order chi connectivity index (χ1) is 12.1. The smallest absolute Gasteiger partial charge is 0.274 e. The monoisotopic (exact) mass is 416 g/mol. The summed E-state index contributed by atoms with van der Waals surface area (Å²) in [5.74, 6) is -0.0606. The van der Waals surface area contributed by atoms with E-state index in [1.54, 1.807) is 17.0 Å². The second kappa shape index (κ2) is 8.15. The molecule has 1 aromatic heterocycles. The number of amides is 1. The van der Waals surface area contributed by atoms with Gasteiger partial charge in [0.2, 0.25) is 0 Å². The minimum absolute atomic E-state index is 0. The molecule has 0 aliphatic carbocycles. The maximum Gasteiger partial charge on any atom is 0.274 e. The summed E-state index contributed by atoms with van der Waals surface area (Å²) in [7, 11) is 0. The first-order valence-electron chi connectivity index (χ1n) is 8.26. The predicted octanol–water partition coefficient (Wildman–Crippen LogP) is 3.00. The van der Waals surface area contributed by atoms with E-state index >= 15 is 0 Å². The van der Waals surface area contributed by atoms with Crippen LogP contribution in [0.1, 0.15) is 33.4 Å². The Morgan fingerprint density at radius 1 is 1.31 bits per heavy atom. The Bertz CT molecular complexity index is 811. The van der Waals surface area contributed by atoms with E-state index in [1.807, 2.05) is 6.07 Å². The van der Waals surface area contributed by atoms with E-state index in [9.17, 15) is 4.79 Å². The third-order valence-electron chi connectivity index (χ3n) is 4.68. The number of nitrogens with zero attached hydrogens (tertiary/aromatic N) is 2. The van der Waals surface area contributed by atoms with Crippen molar-refractivity contribution in [1.29, 1.82) is 0 Å². The molecule has 140 valence electrons. The standard InChI is InChI=1S/C17H18Cl2N4O2.ClH/c18-12-2-1-10(7-13(12)19)15-9-23(5-6-25-15)17(24)16-11-8-20-4-3-14(11)21-22-16;/h1-2,7,15,20H,3-6,8-9H2,(H,21,22);1H. The topological polar surface area (TPSA) is 70.2 Å². The molecule has 26 heavy (non-hydrogen) atoms. The largest absolute Gasteiger partial charge is 0.370 e. The minimum Gasteiger partial charge on any atom is -0.370 e. The van der Waals surface area contributed by atoms with Gasteiger partial charge in [-0.2, -0.15) is 5.10 Å². The summed E-state index contributed by atoms with van der Waals surface area (Å²) >= 11 is 12.1. The maximum absolute atomic E-state index is 12.9. The molecule has 0 bridgehead atoms. The fraction of sp³-hybridized carbons (Fsp3) is 0.412. The van der Waals surface area contributed by atoms with Crippen molar-refractivity contribution in [3.63, 3.8) is 0 Å². The number of halogens is 3. The molecule has 1 unspecified atom stereocenters. The molecule has 1 atom stereocenters. The van der Waals surface area contributed by atoms with Crippen LogP contribution in [0.2, 0.25) is 10.0 Å². The first-order valence-corrected chi connectivity index (χ1v) is 9.01. The number of H-pyrrole nitrogens is 1. The molecule has 1 fully saturated rings. The van der Waals surface area contributed by atoms with Crippen LogP contribution >= 0.6 is 35.6 Å². The molecule has 9 heteroatoms. The van der Waals surface area contributed by atoms with Crippen molar-refractivity contribution < 1.29 is 9.53 Å². The Hall–Kier alpha value is -1.31. The molecule has 0 spiro atoms. The van der Waals surface area contributed by atoms with Crippen LogP contribution in [-0.4, -0.2) is 47.2 Å². The van der Waals surface area contributed by atoms with Gasteiger partial charge in [0.05, 0.1) is 23.2 Å². The number of nitrogens with one attached hydrogen (secondary N) is 2. The molecule has 3 heterocycles. The Labute approximate surface area is 167 Å². The molecule has 2 aliphatic heterocycles. The third-order valence-corrected chi connectivity index (χ3v) is 5.42. The third kappa shape index (κ3) is 3.70. The van der Waals surface area contributed by atoms with E-state index in [-0.39, 0.29) is 24.4 Å². The van der Waals surface area contributed by atoms with E-state index in [4.69, 9.17) is 27.9 Å². The summed E-state index contributed by atoms with van der Waals surface area (Å²) in [5.41, 5.74) is 3.46. The molecule has 1 amide bonds. The highest BCUT2D eigenvalue weighted by Gasteiger charge is 2.30. The summed E-state index contributed by atoms with van der Waals surface area (Å²) in [5, 5.41) is 11.5. The highest BCUT2D eigenvalue weighted by molar-refractivity contribution is 6.42. The molecule has 1 saturated heterocycles. The number of hydrogen-bond acceptors (Lipinski definition) is 4. The summed E-state index contributed by atoms with van der Waals surface area (Å²) in [4.78, 5) is 14.7. The van der Waals surface area contributed by atoms with Crippen LogP contribution in [0.25, 0.3) is 0 Å². The van der Waals surface area contributed by atoms with Crippen molar-refractivity contribution in [2.24, 2.45) is 0 Å². The van der Waals surface area contributed by atoms with Crippen LogP contribution in [0.5, 0.6) is 0 Å². The van der Waals surface area contributed by atoms with Crippen LogP contribution in [-0.2, 0) is 17.7 Å². The van der Waals surface area contributed by atoms with Crippen molar-refractivity contribution in [3.05, 3.63) is 50.8 Å². The molecule has 2 aromatic rings. The van der Waals surface area contributed by atoms with E-state index in [2.05, 4.69) is 15.5 Å². The SMILES string of the molecule is Cl.O=C(c1n[nH]c2c1CNCC2)N1CCOC(c2ccc(Cl)c(Cl)c2)C1. The minimum atomic E-state index is -0.222. The summed E-state index contributed by atoms with van der Waals surface area (Å²) in [6.07, 6.45) is 0.644. The van der Waals surface area contributed by atoms with Gasteiger partial charge < -0.3 is 15.0 Å². The molecule has 0 radical (unpaired) electrons. The van der Waals surface area contributed by atoms with Crippen molar-refractivity contribution in [2.45, 2.75) is 19.1 Å². The number of benzene rings is 1. The van der Waals surface area contributed by atoms with Gasteiger partial charge in [0, 0.05) is 37.3 Å². The average Bonchev–Trinajstić information content (AvgIpc) is 3.07. The van der Waals surface area contributed by atoms with Crippen LogP contribution in [0.4, 0.5) is 0 Å². The van der Waals surface area contributed by atoms with Crippen molar-refractivity contribution in [1.82, 2.24) is 20.4 Å². The molecule has 0 saturated carbocycles. The number of rotatable bonds is 2. The lowest BCUT2D eigenvalue weighted by molar-refractivity contribution is -0.0230. The van der Waals surface area contributed by atoms with Crippen LogP contribution in [0, 0.1) is 0 Å². The Kier molecular flexibility index (Phi) is 6.10. The van der Waals surface area contributed by atoms with Crippen molar-refractivity contribution in [3.8, 4) is 0 Å². The van der Waals surface area contributed by atoms with Gasteiger partial charge in [0.15, 0.2) is 5.69 Å². The fourth-order valence-corrected chi connectivity index (χ4v) is 3.61. The van der Waals surface area contributed by atoms with Gasteiger partial charge in [-0.05, 0) is 17.7 Å². The molecular formula is C17H19Cl3N4O2. The lowest BCUT2D eigenvalue weighted by Gasteiger charge is -2.33. The van der Waals surface area contributed by atoms with E-state index in [0.29, 0.717) is 42.0 Å². The lowest BCUT2D eigenvalue weighted by Crippen LogP contribution is -2.43. The van der Waals surface area contributed by atoms with E-state index < -0.39 is 0 Å². The summed E-state index contributed by atoms with van der Waals surface area (Å²) < 4.78 is 5.83. The maximum atomic E-state index is 12.9. The van der Waals surface area contributed by atoms with Crippen molar-refractivity contribution >= 4 is 41.5 Å². The highest BCUT2D eigenvalue weighted by Crippen LogP contribution is 2.29. The van der Waals surface area contributed by atoms with Crippen molar-refractivity contribution in [2.75, 3.05) is 26.2 Å². The van der Waals surface area contributed by atoms with Gasteiger partial charge in [-0.15, -0.1) is 12.4 Å². The zero-order chi connectivity index (χ0) is 17.4. The van der Waals surface area contributed by atoms with E-state index in [1.165, 1.54) is 0 Å². The summed E-state index contributed by atoms with van der Waals surface area (Å²) in [6, 6.07) is 5.43. The number of hydrogen-bond donors (Lipinski definition) is 2. The number of ether oxygens (including phenoxy) is 1. The number of aromatic amines is 1. The van der Waals surface area contributed by atoms with Crippen LogP contribution in [0.3, 0.4) is 0 Å². The fourth-order valence-electron chi connectivity index (χ4n) is 3.30. The zero-order valence-corrected chi connectivity index (χ0v) is 16.3. The van der Waals surface area contributed by atoms with Gasteiger partial charge in [-0.1, -0.05) is 29.3 Å². The zero-order valence-electron chi connectivity index (χ0n) is 13.9. The number of fused-ring (bicyclic) bond motifs is 1. The molecule has 4 rings (SSSR count). The number of aromatic nitrogens is 2. The van der Waals surface area contributed by atoms with Gasteiger partial charge in [-0.25, -0.2) is 0 Å². The van der Waals surface area contributed by atoms with Crippen LogP contribution < -0.4 is 5.32 Å². The number of carbonyl (C=O) groups is 1. The molecule has 1 aromatic carbocycles. The number of carbonyl (C=O) groups excluding carboxylic acids is 1. The highest BCUT2D eigenvalue weighted by atomic mass is 35.5. The summed E-state index contributed by atoms with van der Waals surface area (Å²) in [6.45, 7) is 3.06. The Morgan fingerprint density at radius 2 is 2.15 bits per heavy atom. The van der Waals surface area contributed by atoms with Gasteiger partial charge in [0.25, 0.3) is 5.91 Å². The Morgan fingerprint density at radius 3 is 2.96 bits per heavy atom. The molecular weight excluding hydrogens is 399 g/mol. The van der Waals surface area contributed by atoms with Gasteiger partial charge >= 0.3 is 0 Å². The van der Waals surface area contributed by atoms with Gasteiger partial charge in [-0.3, -0.25) is 9.89 Å². The van der Waals surface area contributed by atoms with Crippen LogP contribution in [0.15, 0.2) is 18.2 Å². The molecule has 6 nitrogen and oxygen atoms in total.